The maximum absolute atomic E-state index is 12.5. The van der Waals surface area contributed by atoms with Crippen LogP contribution in [0.15, 0.2) is 34.1 Å². The van der Waals surface area contributed by atoms with Crippen LogP contribution in [0.5, 0.6) is 0 Å². The number of nitrogens with one attached hydrogen (secondary N) is 1. The lowest BCUT2D eigenvalue weighted by molar-refractivity contribution is -0.133. The third-order valence-electron chi connectivity index (χ3n) is 4.20. The van der Waals surface area contributed by atoms with Gasteiger partial charge < -0.3 is 4.90 Å². The highest BCUT2D eigenvalue weighted by molar-refractivity contribution is 7.90. The molecule has 0 aromatic heterocycles. The summed E-state index contributed by atoms with van der Waals surface area (Å²) in [5.74, 6) is 0.368. The highest BCUT2D eigenvalue weighted by Crippen LogP contribution is 2.18. The van der Waals surface area contributed by atoms with E-state index in [2.05, 4.69) is 4.72 Å². The molecule has 1 aromatic carbocycles. The first-order valence-corrected chi connectivity index (χ1v) is 11.4. The number of piperidine rings is 1. The van der Waals surface area contributed by atoms with E-state index in [-0.39, 0.29) is 27.7 Å². The maximum Gasteiger partial charge on any atom is 0.240 e. The molecule has 0 radical (unpaired) electrons. The number of nitrogens with two attached hydrogens (primary N) is 1. The molecule has 0 aliphatic carbocycles. The van der Waals surface area contributed by atoms with Crippen LogP contribution in [-0.4, -0.2) is 46.8 Å². The number of carbonyl (C=O) groups excluding carboxylic acids is 1. The summed E-state index contributed by atoms with van der Waals surface area (Å²) in [6.45, 7) is 4.95. The number of sulfonamides is 2. The highest BCUT2D eigenvalue weighted by atomic mass is 32.2. The van der Waals surface area contributed by atoms with Crippen molar-refractivity contribution in [2.75, 3.05) is 13.1 Å². The Bertz CT molecular complexity index is 858. The summed E-state index contributed by atoms with van der Waals surface area (Å²) in [5.41, 5.74) is 0. The van der Waals surface area contributed by atoms with E-state index in [4.69, 9.17) is 5.14 Å². The van der Waals surface area contributed by atoms with Gasteiger partial charge in [-0.05, 0) is 37.0 Å². The average molecular weight is 404 g/mol. The molecule has 0 saturated carbocycles. The molecule has 26 heavy (non-hydrogen) atoms. The molecule has 0 unspecified atom stereocenters. The predicted octanol–water partition coefficient (Wildman–Crippen LogP) is 0.649. The molecule has 0 atom stereocenters. The maximum atomic E-state index is 12.5. The molecule has 10 heteroatoms. The first-order chi connectivity index (χ1) is 12.0. The van der Waals surface area contributed by atoms with Gasteiger partial charge in [0.05, 0.1) is 9.79 Å². The molecule has 1 saturated heterocycles. The number of benzene rings is 1. The second-order valence-electron chi connectivity index (χ2n) is 6.89. The molecule has 1 heterocycles. The lowest BCUT2D eigenvalue weighted by atomic mass is 10.0. The van der Waals surface area contributed by atoms with Crippen LogP contribution in [0.25, 0.3) is 0 Å². The first-order valence-electron chi connectivity index (χ1n) is 8.42. The Morgan fingerprint density at radius 1 is 1.19 bits per heavy atom. The van der Waals surface area contributed by atoms with E-state index in [9.17, 15) is 21.6 Å². The molecular formula is C16H25N3O5S2. The second-order valence-corrected chi connectivity index (χ2v) is 10.2. The molecule has 1 aliphatic heterocycles. The summed E-state index contributed by atoms with van der Waals surface area (Å²) < 4.78 is 50.4. The van der Waals surface area contributed by atoms with Crippen LogP contribution in [-0.2, 0) is 24.8 Å². The predicted molar refractivity (Wildman–Crippen MR) is 97.2 cm³/mol. The molecule has 2 rings (SSSR count). The lowest BCUT2D eigenvalue weighted by Crippen LogP contribution is -2.46. The van der Waals surface area contributed by atoms with E-state index in [0.29, 0.717) is 32.4 Å². The van der Waals surface area contributed by atoms with Crippen LogP contribution in [0.3, 0.4) is 0 Å². The summed E-state index contributed by atoms with van der Waals surface area (Å²) in [4.78, 5) is 13.4. The van der Waals surface area contributed by atoms with E-state index in [1.54, 1.807) is 4.90 Å². The fourth-order valence-electron chi connectivity index (χ4n) is 2.83. The zero-order chi connectivity index (χ0) is 19.5. The number of carbonyl (C=O) groups is 1. The van der Waals surface area contributed by atoms with Crippen LogP contribution in [0.2, 0.25) is 0 Å². The van der Waals surface area contributed by atoms with Gasteiger partial charge >= 0.3 is 0 Å². The van der Waals surface area contributed by atoms with Crippen molar-refractivity contribution in [1.29, 1.82) is 0 Å². The molecule has 8 nitrogen and oxygen atoms in total. The van der Waals surface area contributed by atoms with Gasteiger partial charge in [-0.3, -0.25) is 4.79 Å². The molecule has 3 N–H and O–H groups in total. The number of hydrogen-bond donors (Lipinski definition) is 2. The Kier molecular flexibility index (Phi) is 6.43. The van der Waals surface area contributed by atoms with Crippen LogP contribution < -0.4 is 9.86 Å². The number of amides is 1. The van der Waals surface area contributed by atoms with E-state index < -0.39 is 20.0 Å². The number of nitrogens with zero attached hydrogens (tertiary/aromatic N) is 1. The van der Waals surface area contributed by atoms with E-state index in [1.165, 1.54) is 18.2 Å². The summed E-state index contributed by atoms with van der Waals surface area (Å²) >= 11 is 0. The lowest BCUT2D eigenvalue weighted by Gasteiger charge is -2.32. The number of likely N-dealkylation sites (tertiary alicyclic amines) is 1. The number of primary sulfonamides is 1. The Balaban J connectivity index is 2.02. The third kappa shape index (κ3) is 5.50. The standard InChI is InChI=1S/C16H25N3O5S2/c1-12(2)10-16(20)19-8-6-13(7-9-19)18-26(23,24)15-5-3-4-14(11-15)25(17,21)22/h3-5,11-13,18H,6-10H2,1-2H3,(H2,17,21,22). The fourth-order valence-corrected chi connectivity index (χ4v) is 4.82. The van der Waals surface area contributed by atoms with Crippen LogP contribution in [0.1, 0.15) is 33.1 Å². The Morgan fingerprint density at radius 3 is 2.31 bits per heavy atom. The van der Waals surface area contributed by atoms with Gasteiger partial charge in [0.15, 0.2) is 0 Å². The van der Waals surface area contributed by atoms with Gasteiger partial charge in [-0.1, -0.05) is 19.9 Å². The molecule has 1 amide bonds. The van der Waals surface area contributed by atoms with Crippen molar-refractivity contribution < 1.29 is 21.6 Å². The molecule has 0 spiro atoms. The molecular weight excluding hydrogens is 378 g/mol. The largest absolute Gasteiger partial charge is 0.343 e. The van der Waals surface area contributed by atoms with Crippen LogP contribution in [0.4, 0.5) is 0 Å². The van der Waals surface area contributed by atoms with Crippen molar-refractivity contribution >= 4 is 26.0 Å². The van der Waals surface area contributed by atoms with Crippen molar-refractivity contribution in [2.24, 2.45) is 11.1 Å². The SMILES string of the molecule is CC(C)CC(=O)N1CCC(NS(=O)(=O)c2cccc(S(N)(=O)=O)c2)CC1. The highest BCUT2D eigenvalue weighted by Gasteiger charge is 2.27. The van der Waals surface area contributed by atoms with E-state index >= 15 is 0 Å². The number of rotatable bonds is 6. The zero-order valence-corrected chi connectivity index (χ0v) is 16.5. The Labute approximate surface area is 154 Å². The van der Waals surface area contributed by atoms with Crippen LogP contribution >= 0.6 is 0 Å². The molecule has 1 aromatic rings. The fraction of sp³-hybridized carbons (Fsp3) is 0.562. The smallest absolute Gasteiger partial charge is 0.240 e. The third-order valence-corrected chi connectivity index (χ3v) is 6.63. The first kappa shape index (κ1) is 20.8. The monoisotopic (exact) mass is 403 g/mol. The summed E-state index contributed by atoms with van der Waals surface area (Å²) in [7, 11) is -7.85. The van der Waals surface area contributed by atoms with Gasteiger partial charge in [-0.2, -0.15) is 0 Å². The minimum atomic E-state index is -3.98. The van der Waals surface area contributed by atoms with Gasteiger partial charge in [-0.25, -0.2) is 26.7 Å². The normalized spacial score (nSPS) is 16.8. The van der Waals surface area contributed by atoms with Gasteiger partial charge in [0.25, 0.3) is 0 Å². The molecule has 146 valence electrons. The zero-order valence-electron chi connectivity index (χ0n) is 14.9. The minimum Gasteiger partial charge on any atom is -0.343 e. The molecule has 1 aliphatic rings. The minimum absolute atomic E-state index is 0.0853. The van der Waals surface area contributed by atoms with Gasteiger partial charge in [0.1, 0.15) is 0 Å². The van der Waals surface area contributed by atoms with Gasteiger partial charge in [0.2, 0.25) is 26.0 Å². The topological polar surface area (TPSA) is 127 Å². The quantitative estimate of drug-likeness (QED) is 0.721. The van der Waals surface area contributed by atoms with E-state index in [1.807, 2.05) is 13.8 Å². The number of hydrogen-bond acceptors (Lipinski definition) is 5. The molecule has 1 fully saturated rings. The van der Waals surface area contributed by atoms with Crippen LogP contribution in [0, 0.1) is 5.92 Å². The van der Waals surface area contributed by atoms with Crippen molar-refractivity contribution in [3.63, 3.8) is 0 Å². The van der Waals surface area contributed by atoms with Gasteiger partial charge in [0, 0.05) is 25.6 Å². The summed E-state index contributed by atoms with van der Waals surface area (Å²) in [6.07, 6.45) is 1.51. The van der Waals surface area contributed by atoms with Crippen molar-refractivity contribution in [3.8, 4) is 0 Å². The van der Waals surface area contributed by atoms with Crippen molar-refractivity contribution in [3.05, 3.63) is 24.3 Å². The summed E-state index contributed by atoms with van der Waals surface area (Å²) in [5, 5.41) is 5.05. The summed E-state index contributed by atoms with van der Waals surface area (Å²) in [6, 6.07) is 4.63. The van der Waals surface area contributed by atoms with Crippen molar-refractivity contribution in [2.45, 2.75) is 48.9 Å². The van der Waals surface area contributed by atoms with E-state index in [0.717, 1.165) is 6.07 Å². The van der Waals surface area contributed by atoms with Gasteiger partial charge in [-0.15, -0.1) is 0 Å². The Hall–Kier alpha value is -1.49. The van der Waals surface area contributed by atoms with Crippen molar-refractivity contribution in [1.82, 2.24) is 9.62 Å². The Morgan fingerprint density at radius 2 is 1.77 bits per heavy atom. The second kappa shape index (κ2) is 8.03. The molecule has 0 bridgehead atoms. The average Bonchev–Trinajstić information content (AvgIpc) is 2.54.